The molecule has 0 radical (unpaired) electrons. The zero-order valence-corrected chi connectivity index (χ0v) is 21.6. The summed E-state index contributed by atoms with van der Waals surface area (Å²) in [5.41, 5.74) is 2.97. The Kier molecular flexibility index (Phi) is 8.21. The van der Waals surface area contributed by atoms with Crippen LogP contribution in [0.15, 0.2) is 54.9 Å². The number of piperidine rings is 1. The highest BCUT2D eigenvalue weighted by Gasteiger charge is 2.25. The minimum atomic E-state index is -0.529. The fourth-order valence-corrected chi connectivity index (χ4v) is 4.37. The van der Waals surface area contributed by atoms with Crippen molar-refractivity contribution in [3.8, 4) is 11.3 Å². The van der Waals surface area contributed by atoms with Gasteiger partial charge in [-0.05, 0) is 75.4 Å². The molecule has 37 heavy (non-hydrogen) atoms. The number of amides is 2. The van der Waals surface area contributed by atoms with Crippen LogP contribution in [0.2, 0.25) is 0 Å². The number of ether oxygens (including phenoxy) is 1. The molecule has 2 amide bonds. The van der Waals surface area contributed by atoms with Crippen molar-refractivity contribution in [1.82, 2.24) is 25.0 Å². The van der Waals surface area contributed by atoms with Gasteiger partial charge in [0, 0.05) is 49.7 Å². The van der Waals surface area contributed by atoms with E-state index in [4.69, 9.17) is 9.84 Å². The smallest absolute Gasteiger partial charge is 0.407 e. The molecule has 0 spiro atoms. The van der Waals surface area contributed by atoms with Crippen LogP contribution in [-0.2, 0) is 22.5 Å². The van der Waals surface area contributed by atoms with Crippen LogP contribution in [0.5, 0.6) is 0 Å². The van der Waals surface area contributed by atoms with Gasteiger partial charge in [-0.3, -0.25) is 14.5 Å². The monoisotopic (exact) mass is 507 g/mol. The Hall–Kier alpha value is -3.75. The molecule has 0 unspecified atom stereocenters. The fourth-order valence-electron chi connectivity index (χ4n) is 4.37. The first-order chi connectivity index (χ1) is 17.7. The highest BCUT2D eigenvalue weighted by Crippen LogP contribution is 2.22. The number of alkyl carbamates (subject to hydrolysis) is 1. The molecule has 2 aromatic heterocycles. The van der Waals surface area contributed by atoms with Crippen LogP contribution in [0.25, 0.3) is 11.3 Å². The molecule has 1 aliphatic rings. The van der Waals surface area contributed by atoms with Crippen LogP contribution < -0.4 is 5.32 Å². The van der Waals surface area contributed by atoms with Gasteiger partial charge >= 0.3 is 6.09 Å². The molecule has 0 bridgehead atoms. The molecule has 1 aliphatic heterocycles. The lowest BCUT2D eigenvalue weighted by molar-refractivity contribution is -0.133. The summed E-state index contributed by atoms with van der Waals surface area (Å²) in [6, 6.07) is 12.1. The third-order valence-electron chi connectivity index (χ3n) is 6.32. The van der Waals surface area contributed by atoms with Crippen molar-refractivity contribution in [3.63, 3.8) is 0 Å². The second-order valence-electron chi connectivity index (χ2n) is 10.4. The Bertz CT molecular complexity index is 1200. The van der Waals surface area contributed by atoms with E-state index in [1.54, 1.807) is 29.2 Å². The van der Waals surface area contributed by atoms with Crippen molar-refractivity contribution in [2.45, 2.75) is 52.2 Å². The number of halogens is 1. The van der Waals surface area contributed by atoms with E-state index >= 15 is 0 Å². The van der Waals surface area contributed by atoms with Gasteiger partial charge in [0.2, 0.25) is 5.91 Å². The van der Waals surface area contributed by atoms with Gasteiger partial charge in [0.15, 0.2) is 0 Å². The van der Waals surface area contributed by atoms with Gasteiger partial charge in [0.1, 0.15) is 18.0 Å². The first-order valence-corrected chi connectivity index (χ1v) is 12.6. The Labute approximate surface area is 216 Å². The van der Waals surface area contributed by atoms with Gasteiger partial charge in [-0.1, -0.05) is 12.1 Å². The summed E-state index contributed by atoms with van der Waals surface area (Å²) in [4.78, 5) is 31.1. The first-order valence-electron chi connectivity index (χ1n) is 12.6. The summed E-state index contributed by atoms with van der Waals surface area (Å²) in [7, 11) is 0. The normalized spacial score (nSPS) is 14.4. The van der Waals surface area contributed by atoms with E-state index < -0.39 is 11.7 Å². The van der Waals surface area contributed by atoms with Crippen LogP contribution in [0.4, 0.5) is 9.18 Å². The molecule has 1 aromatic carbocycles. The topological polar surface area (TPSA) is 89.4 Å². The molecular formula is C28H34FN5O3. The van der Waals surface area contributed by atoms with Gasteiger partial charge in [-0.15, -0.1) is 0 Å². The number of pyridine rings is 1. The number of carbonyl (C=O) groups excluding carboxylic acids is 2. The van der Waals surface area contributed by atoms with E-state index in [0.29, 0.717) is 32.0 Å². The van der Waals surface area contributed by atoms with Crippen molar-refractivity contribution in [1.29, 1.82) is 0 Å². The summed E-state index contributed by atoms with van der Waals surface area (Å²) < 4.78 is 20.4. The lowest BCUT2D eigenvalue weighted by Gasteiger charge is -2.32. The molecule has 0 saturated carbocycles. The summed E-state index contributed by atoms with van der Waals surface area (Å²) in [5, 5.41) is 7.57. The number of hydrogen-bond donors (Lipinski definition) is 1. The average Bonchev–Trinajstić information content (AvgIpc) is 3.26. The zero-order valence-electron chi connectivity index (χ0n) is 21.6. The fraction of sp³-hybridized carbons (Fsp3) is 0.429. The van der Waals surface area contributed by atoms with E-state index in [-0.39, 0.29) is 18.3 Å². The Morgan fingerprint density at radius 1 is 1.08 bits per heavy atom. The summed E-state index contributed by atoms with van der Waals surface area (Å²) in [6.45, 7) is 7.43. The van der Waals surface area contributed by atoms with E-state index in [9.17, 15) is 14.0 Å². The maximum atomic E-state index is 13.4. The molecule has 0 atom stereocenters. The highest BCUT2D eigenvalue weighted by atomic mass is 19.1. The number of nitrogens with zero attached hydrogens (tertiary/aromatic N) is 4. The quantitative estimate of drug-likeness (QED) is 0.511. The van der Waals surface area contributed by atoms with Crippen molar-refractivity contribution in [2.75, 3.05) is 19.6 Å². The molecule has 196 valence electrons. The number of benzene rings is 1. The standard InChI is InChI=1S/C28H34FN5O3/c1-28(2,3)37-27(36)31-18-21-10-14-33(15-11-21)26(35)19-34-24(16-20-4-6-23(29)7-5-20)17-25(32-34)22-8-12-30-13-9-22/h4-9,12-13,17,21H,10-11,14-16,18-19H2,1-3H3,(H,31,36). The van der Waals surface area contributed by atoms with Gasteiger partial charge in [-0.25, -0.2) is 9.18 Å². The highest BCUT2D eigenvalue weighted by molar-refractivity contribution is 5.76. The molecular weight excluding hydrogens is 473 g/mol. The summed E-state index contributed by atoms with van der Waals surface area (Å²) >= 11 is 0. The molecule has 3 heterocycles. The number of carbonyl (C=O) groups is 2. The van der Waals surface area contributed by atoms with Gasteiger partial charge in [0.05, 0.1) is 5.69 Å². The van der Waals surface area contributed by atoms with Gasteiger partial charge in [-0.2, -0.15) is 5.10 Å². The predicted molar refractivity (Wildman–Crippen MR) is 138 cm³/mol. The second kappa shape index (κ2) is 11.5. The number of aromatic nitrogens is 3. The summed E-state index contributed by atoms with van der Waals surface area (Å²) in [5.74, 6) is 0.0199. The number of likely N-dealkylation sites (tertiary alicyclic amines) is 1. The second-order valence-corrected chi connectivity index (χ2v) is 10.4. The largest absolute Gasteiger partial charge is 0.444 e. The molecule has 1 saturated heterocycles. The minimum Gasteiger partial charge on any atom is -0.444 e. The van der Waals surface area contributed by atoms with Crippen molar-refractivity contribution in [3.05, 3.63) is 71.9 Å². The lowest BCUT2D eigenvalue weighted by atomic mass is 9.97. The maximum absolute atomic E-state index is 13.4. The first kappa shape index (κ1) is 26.3. The van der Waals surface area contributed by atoms with Crippen LogP contribution in [0, 0.1) is 11.7 Å². The lowest BCUT2D eigenvalue weighted by Crippen LogP contribution is -2.43. The molecule has 3 aromatic rings. The SMILES string of the molecule is CC(C)(C)OC(=O)NCC1CCN(C(=O)Cn2nc(-c3ccncc3)cc2Cc2ccc(F)cc2)CC1. The molecule has 8 nitrogen and oxygen atoms in total. The minimum absolute atomic E-state index is 0.00304. The average molecular weight is 508 g/mol. The molecule has 1 N–H and O–H groups in total. The van der Waals surface area contributed by atoms with Crippen LogP contribution >= 0.6 is 0 Å². The molecule has 0 aliphatic carbocycles. The van der Waals surface area contributed by atoms with Gasteiger partial charge < -0.3 is 15.0 Å². The third-order valence-corrected chi connectivity index (χ3v) is 6.32. The maximum Gasteiger partial charge on any atom is 0.407 e. The van der Waals surface area contributed by atoms with Gasteiger partial charge in [0.25, 0.3) is 0 Å². The predicted octanol–water partition coefficient (Wildman–Crippen LogP) is 4.44. The molecule has 1 fully saturated rings. The van der Waals surface area contributed by atoms with Crippen LogP contribution in [0.1, 0.15) is 44.9 Å². The Balaban J connectivity index is 1.38. The summed E-state index contributed by atoms with van der Waals surface area (Å²) in [6.07, 6.45) is 5.16. The number of rotatable bonds is 7. The van der Waals surface area contributed by atoms with E-state index in [1.807, 2.05) is 43.9 Å². The van der Waals surface area contributed by atoms with Crippen molar-refractivity contribution < 1.29 is 18.7 Å². The van der Waals surface area contributed by atoms with Crippen LogP contribution in [0.3, 0.4) is 0 Å². The number of nitrogens with one attached hydrogen (secondary N) is 1. The Morgan fingerprint density at radius 2 is 1.76 bits per heavy atom. The van der Waals surface area contributed by atoms with Crippen molar-refractivity contribution >= 4 is 12.0 Å². The molecule has 4 rings (SSSR count). The van der Waals surface area contributed by atoms with E-state index in [2.05, 4.69) is 10.3 Å². The van der Waals surface area contributed by atoms with Crippen LogP contribution in [-0.4, -0.2) is 56.9 Å². The van der Waals surface area contributed by atoms with E-state index in [0.717, 1.165) is 35.4 Å². The number of hydrogen-bond acceptors (Lipinski definition) is 5. The zero-order chi connectivity index (χ0) is 26.4. The van der Waals surface area contributed by atoms with Crippen molar-refractivity contribution in [2.24, 2.45) is 5.92 Å². The third kappa shape index (κ3) is 7.62. The Morgan fingerprint density at radius 3 is 2.41 bits per heavy atom. The molecule has 9 heteroatoms. The van der Waals surface area contributed by atoms with E-state index in [1.165, 1.54) is 12.1 Å².